The fraction of sp³-hybridized carbons (Fsp3) is 0.333. The van der Waals surface area contributed by atoms with Crippen molar-refractivity contribution in [3.8, 4) is 0 Å². The van der Waals surface area contributed by atoms with Gasteiger partial charge in [0.25, 0.3) is 0 Å². The first-order chi connectivity index (χ1) is 18.6. The van der Waals surface area contributed by atoms with Crippen molar-refractivity contribution in [2.24, 2.45) is 5.92 Å². The van der Waals surface area contributed by atoms with Crippen LogP contribution < -0.4 is 15.1 Å². The fourth-order valence-electron chi connectivity index (χ4n) is 4.33. The van der Waals surface area contributed by atoms with Gasteiger partial charge in [-0.2, -0.15) is 15.0 Å². The summed E-state index contributed by atoms with van der Waals surface area (Å²) in [7, 11) is 0. The van der Waals surface area contributed by atoms with Gasteiger partial charge in [0.15, 0.2) is 10.3 Å². The second-order valence-electron chi connectivity index (χ2n) is 9.49. The molecule has 1 aliphatic heterocycles. The number of rotatable bonds is 9. The van der Waals surface area contributed by atoms with Gasteiger partial charge in [-0.05, 0) is 61.4 Å². The maximum absolute atomic E-state index is 12.2. The third-order valence-corrected chi connectivity index (χ3v) is 8.26. The third-order valence-electron chi connectivity index (χ3n) is 6.56. The Labute approximate surface area is 229 Å². The Morgan fingerprint density at radius 3 is 2.50 bits per heavy atom. The van der Waals surface area contributed by atoms with Crippen LogP contribution in [0.15, 0.2) is 65.0 Å². The molecule has 3 aromatic heterocycles. The Morgan fingerprint density at radius 2 is 1.82 bits per heavy atom. The summed E-state index contributed by atoms with van der Waals surface area (Å²) in [5.41, 5.74) is 2.18. The Balaban J connectivity index is 1.19. The van der Waals surface area contributed by atoms with Gasteiger partial charge in [-0.25, -0.2) is 4.98 Å². The second kappa shape index (κ2) is 11.0. The van der Waals surface area contributed by atoms with Crippen molar-refractivity contribution in [3.63, 3.8) is 0 Å². The largest absolute Gasteiger partial charge is 0.367 e. The number of hydrogen-bond donors (Lipinski definition) is 1. The van der Waals surface area contributed by atoms with E-state index < -0.39 is 0 Å². The van der Waals surface area contributed by atoms with E-state index in [0.29, 0.717) is 29.3 Å². The van der Waals surface area contributed by atoms with Gasteiger partial charge in [-0.15, -0.1) is 11.3 Å². The lowest BCUT2D eigenvalue weighted by atomic mass is 10.1. The van der Waals surface area contributed by atoms with Crippen molar-refractivity contribution in [1.29, 1.82) is 0 Å². The number of nitrogens with zero attached hydrogens (tertiary/aromatic N) is 7. The molecule has 9 nitrogen and oxygen atoms in total. The van der Waals surface area contributed by atoms with E-state index in [1.807, 2.05) is 49.6 Å². The quantitative estimate of drug-likeness (QED) is 0.317. The van der Waals surface area contributed by atoms with Crippen LogP contribution in [0.25, 0.3) is 0 Å². The van der Waals surface area contributed by atoms with Crippen LogP contribution in [0, 0.1) is 12.8 Å². The van der Waals surface area contributed by atoms with Crippen molar-refractivity contribution < 1.29 is 4.79 Å². The SMILES string of the molecule is Cc1cnc(Nc2nc(Sc3ccc(CC(=O)C4CC4)cc3)nc(N3CCN(c4cccnc4)CC3)n2)s1. The molecule has 194 valence electrons. The van der Waals surface area contributed by atoms with Crippen LogP contribution in [0.2, 0.25) is 0 Å². The molecule has 0 atom stereocenters. The monoisotopic (exact) mass is 544 g/mol. The molecule has 4 heterocycles. The molecular weight excluding hydrogens is 516 g/mol. The van der Waals surface area contributed by atoms with Crippen molar-refractivity contribution in [2.45, 2.75) is 36.2 Å². The number of anilines is 4. The number of thiazole rings is 1. The number of nitrogens with one attached hydrogen (secondary N) is 1. The molecule has 6 rings (SSSR count). The maximum atomic E-state index is 12.2. The smallest absolute Gasteiger partial charge is 0.234 e. The van der Waals surface area contributed by atoms with E-state index in [1.54, 1.807) is 17.5 Å². The zero-order chi connectivity index (χ0) is 25.9. The average Bonchev–Trinajstić information content (AvgIpc) is 3.72. The predicted molar refractivity (Wildman–Crippen MR) is 151 cm³/mol. The topological polar surface area (TPSA) is 100 Å². The highest BCUT2D eigenvalue weighted by Gasteiger charge is 2.29. The highest BCUT2D eigenvalue weighted by molar-refractivity contribution is 7.99. The molecule has 0 unspecified atom stereocenters. The zero-order valence-electron chi connectivity index (χ0n) is 21.1. The molecular formula is C27H28N8OS2. The number of aromatic nitrogens is 5. The van der Waals surface area contributed by atoms with Crippen LogP contribution in [0.3, 0.4) is 0 Å². The summed E-state index contributed by atoms with van der Waals surface area (Å²) in [5.74, 6) is 1.76. The summed E-state index contributed by atoms with van der Waals surface area (Å²) >= 11 is 3.05. The van der Waals surface area contributed by atoms with Crippen LogP contribution in [-0.2, 0) is 11.2 Å². The lowest BCUT2D eigenvalue weighted by Crippen LogP contribution is -2.47. The summed E-state index contributed by atoms with van der Waals surface area (Å²) < 4.78 is 0. The molecule has 1 saturated carbocycles. The first-order valence-corrected chi connectivity index (χ1v) is 14.4. The number of carbonyl (C=O) groups excluding carboxylic acids is 1. The van der Waals surface area contributed by atoms with Crippen molar-refractivity contribution in [2.75, 3.05) is 41.3 Å². The van der Waals surface area contributed by atoms with E-state index in [4.69, 9.17) is 9.97 Å². The van der Waals surface area contributed by atoms with E-state index in [1.165, 1.54) is 11.8 Å². The Bertz CT molecular complexity index is 1400. The Kier molecular flexibility index (Phi) is 7.19. The van der Waals surface area contributed by atoms with E-state index in [2.05, 4.69) is 36.1 Å². The van der Waals surface area contributed by atoms with Crippen molar-refractivity contribution in [3.05, 3.63) is 65.4 Å². The molecule has 0 bridgehead atoms. The van der Waals surface area contributed by atoms with Crippen LogP contribution >= 0.6 is 23.1 Å². The number of benzene rings is 1. The first-order valence-electron chi connectivity index (χ1n) is 12.7. The summed E-state index contributed by atoms with van der Waals surface area (Å²) in [5, 5.41) is 4.63. The van der Waals surface area contributed by atoms with Crippen molar-refractivity contribution >= 4 is 51.6 Å². The van der Waals surface area contributed by atoms with Crippen LogP contribution in [0.1, 0.15) is 23.3 Å². The average molecular weight is 545 g/mol. The van der Waals surface area contributed by atoms with Gasteiger partial charge in [-0.1, -0.05) is 12.1 Å². The lowest BCUT2D eigenvalue weighted by Gasteiger charge is -2.35. The third kappa shape index (κ3) is 6.11. The number of carbonyl (C=O) groups is 1. The molecule has 2 aliphatic rings. The molecule has 1 saturated heterocycles. The number of hydrogen-bond acceptors (Lipinski definition) is 11. The van der Waals surface area contributed by atoms with E-state index in [0.717, 1.165) is 65.2 Å². The van der Waals surface area contributed by atoms with Gasteiger partial charge < -0.3 is 9.80 Å². The predicted octanol–water partition coefficient (Wildman–Crippen LogP) is 4.77. The molecule has 0 radical (unpaired) electrons. The normalized spacial score (nSPS) is 15.5. The molecule has 1 N–H and O–H groups in total. The Morgan fingerprint density at radius 1 is 1.03 bits per heavy atom. The summed E-state index contributed by atoms with van der Waals surface area (Å²) in [6, 6.07) is 12.2. The van der Waals surface area contributed by atoms with Crippen molar-refractivity contribution in [1.82, 2.24) is 24.9 Å². The Hall–Kier alpha value is -3.57. The molecule has 11 heteroatoms. The minimum absolute atomic E-state index is 0.284. The van der Waals surface area contributed by atoms with Gasteiger partial charge in [-0.3, -0.25) is 15.1 Å². The number of piperazine rings is 1. The highest BCUT2D eigenvalue weighted by atomic mass is 32.2. The maximum Gasteiger partial charge on any atom is 0.234 e. The highest BCUT2D eigenvalue weighted by Crippen LogP contribution is 2.32. The number of Topliss-reactive ketones (excluding diaryl/α,β-unsaturated/α-hetero) is 1. The second-order valence-corrected chi connectivity index (χ2v) is 11.8. The molecule has 1 aromatic carbocycles. The first kappa shape index (κ1) is 24.7. The number of pyridine rings is 1. The molecule has 0 spiro atoms. The lowest BCUT2D eigenvalue weighted by molar-refractivity contribution is -0.119. The number of ketones is 1. The fourth-order valence-corrected chi connectivity index (χ4v) is 5.73. The van der Waals surface area contributed by atoms with E-state index >= 15 is 0 Å². The molecule has 0 amide bonds. The minimum Gasteiger partial charge on any atom is -0.367 e. The zero-order valence-corrected chi connectivity index (χ0v) is 22.7. The molecule has 38 heavy (non-hydrogen) atoms. The van der Waals surface area contributed by atoms with Crippen LogP contribution in [0.4, 0.5) is 22.7 Å². The van der Waals surface area contributed by atoms with Gasteiger partial charge in [0.05, 0.1) is 11.9 Å². The van der Waals surface area contributed by atoms with Crippen LogP contribution in [-0.4, -0.2) is 56.9 Å². The molecule has 2 fully saturated rings. The summed E-state index contributed by atoms with van der Waals surface area (Å²) in [6.45, 7) is 5.32. The van der Waals surface area contributed by atoms with Gasteiger partial charge in [0, 0.05) is 60.7 Å². The van der Waals surface area contributed by atoms with Gasteiger partial charge in [0.1, 0.15) is 5.78 Å². The van der Waals surface area contributed by atoms with E-state index in [9.17, 15) is 4.79 Å². The van der Waals surface area contributed by atoms with Gasteiger partial charge in [0.2, 0.25) is 11.9 Å². The standard InChI is InChI=1S/C27H28N8OS2/c1-18-16-29-26(37-18)31-24-30-25(35-13-11-34(12-14-35)21-3-2-10-28-17-21)33-27(32-24)38-22-8-4-19(5-9-22)15-23(36)20-6-7-20/h2-5,8-10,16-17,20H,6-7,11-15H2,1H3,(H,29,30,31,32,33). The van der Waals surface area contributed by atoms with Gasteiger partial charge >= 0.3 is 0 Å². The minimum atomic E-state index is 0.284. The van der Waals surface area contributed by atoms with E-state index in [-0.39, 0.29) is 5.92 Å². The summed E-state index contributed by atoms with van der Waals surface area (Å²) in [4.78, 5) is 41.7. The number of aryl methyl sites for hydroxylation is 1. The molecule has 4 aromatic rings. The molecule has 1 aliphatic carbocycles. The summed E-state index contributed by atoms with van der Waals surface area (Å²) in [6.07, 6.45) is 8.13. The van der Waals surface area contributed by atoms with Crippen LogP contribution in [0.5, 0.6) is 0 Å².